The van der Waals surface area contributed by atoms with E-state index < -0.39 is 17.4 Å². The number of amides is 2. The lowest BCUT2D eigenvalue weighted by atomic mass is 9.74. The quantitative estimate of drug-likeness (QED) is 0.798. The van der Waals surface area contributed by atoms with Gasteiger partial charge in [-0.05, 0) is 37.1 Å². The number of anilines is 1. The number of carbonyl (C=O) groups excluding carboxylic acids is 1. The molecular formula is C15H19FN2O3. The molecule has 0 unspecified atom stereocenters. The minimum atomic E-state index is -0.863. The number of rotatable bonds is 4. The van der Waals surface area contributed by atoms with Crippen LogP contribution in [-0.4, -0.2) is 23.7 Å². The van der Waals surface area contributed by atoms with E-state index in [1.807, 2.05) is 0 Å². The molecule has 0 bridgehead atoms. The van der Waals surface area contributed by atoms with Gasteiger partial charge in [0.15, 0.2) is 0 Å². The van der Waals surface area contributed by atoms with E-state index >= 15 is 0 Å². The molecule has 6 heteroatoms. The highest BCUT2D eigenvalue weighted by molar-refractivity contribution is 5.89. The first-order valence-corrected chi connectivity index (χ1v) is 7.06. The van der Waals surface area contributed by atoms with Crippen molar-refractivity contribution in [3.8, 4) is 0 Å². The third-order valence-electron chi connectivity index (χ3n) is 3.95. The Labute approximate surface area is 122 Å². The summed E-state index contributed by atoms with van der Waals surface area (Å²) in [5.74, 6) is -1.24. The Bertz CT molecular complexity index is 510. The molecule has 0 radical (unpaired) electrons. The van der Waals surface area contributed by atoms with Crippen molar-refractivity contribution >= 4 is 17.7 Å². The van der Waals surface area contributed by atoms with Gasteiger partial charge in [-0.25, -0.2) is 9.18 Å². The van der Waals surface area contributed by atoms with Crippen LogP contribution >= 0.6 is 0 Å². The highest BCUT2D eigenvalue weighted by atomic mass is 19.1. The number of aliphatic carboxylic acids is 1. The lowest BCUT2D eigenvalue weighted by Gasteiger charge is -2.33. The van der Waals surface area contributed by atoms with Crippen LogP contribution in [0.5, 0.6) is 0 Å². The maximum absolute atomic E-state index is 12.8. The van der Waals surface area contributed by atoms with Crippen molar-refractivity contribution in [3.05, 3.63) is 30.1 Å². The van der Waals surface area contributed by atoms with E-state index in [4.69, 9.17) is 0 Å². The number of urea groups is 1. The van der Waals surface area contributed by atoms with E-state index in [9.17, 15) is 19.1 Å². The Balaban J connectivity index is 1.90. The van der Waals surface area contributed by atoms with Crippen LogP contribution in [0, 0.1) is 11.2 Å². The summed E-state index contributed by atoms with van der Waals surface area (Å²) in [7, 11) is 0. The molecule has 1 aliphatic carbocycles. The highest BCUT2D eigenvalue weighted by Gasteiger charge is 2.39. The molecule has 0 saturated heterocycles. The summed E-state index contributed by atoms with van der Waals surface area (Å²) >= 11 is 0. The second-order valence-electron chi connectivity index (χ2n) is 5.46. The molecule has 21 heavy (non-hydrogen) atoms. The first kappa shape index (κ1) is 15.3. The number of halogens is 1. The SMILES string of the molecule is O=C(NCC1(C(=O)O)CCCCC1)Nc1ccc(F)cc1. The molecule has 114 valence electrons. The van der Waals surface area contributed by atoms with Gasteiger partial charge in [0, 0.05) is 12.2 Å². The zero-order valence-corrected chi connectivity index (χ0v) is 11.7. The monoisotopic (exact) mass is 294 g/mol. The Morgan fingerprint density at radius 2 is 1.76 bits per heavy atom. The molecule has 0 atom stereocenters. The third kappa shape index (κ3) is 3.93. The van der Waals surface area contributed by atoms with E-state index in [0.717, 1.165) is 19.3 Å². The number of nitrogens with one attached hydrogen (secondary N) is 2. The second kappa shape index (κ2) is 6.56. The molecule has 0 heterocycles. The van der Waals surface area contributed by atoms with Crippen LogP contribution < -0.4 is 10.6 Å². The van der Waals surface area contributed by atoms with Gasteiger partial charge in [0.1, 0.15) is 5.82 Å². The minimum absolute atomic E-state index is 0.107. The molecule has 2 rings (SSSR count). The van der Waals surface area contributed by atoms with E-state index in [1.54, 1.807) is 0 Å². The highest BCUT2D eigenvalue weighted by Crippen LogP contribution is 2.36. The predicted molar refractivity (Wildman–Crippen MR) is 76.6 cm³/mol. The largest absolute Gasteiger partial charge is 0.481 e. The van der Waals surface area contributed by atoms with E-state index in [0.29, 0.717) is 18.5 Å². The van der Waals surface area contributed by atoms with E-state index in [-0.39, 0.29) is 12.4 Å². The Morgan fingerprint density at radius 3 is 2.33 bits per heavy atom. The van der Waals surface area contributed by atoms with Crippen LogP contribution in [-0.2, 0) is 4.79 Å². The van der Waals surface area contributed by atoms with Crippen molar-refractivity contribution in [2.75, 3.05) is 11.9 Å². The summed E-state index contributed by atoms with van der Waals surface area (Å²) in [6.45, 7) is 0.107. The Morgan fingerprint density at radius 1 is 1.14 bits per heavy atom. The second-order valence-corrected chi connectivity index (χ2v) is 5.46. The zero-order chi connectivity index (χ0) is 15.3. The molecule has 1 aromatic rings. The number of benzene rings is 1. The molecule has 1 saturated carbocycles. The predicted octanol–water partition coefficient (Wildman–Crippen LogP) is 2.98. The van der Waals surface area contributed by atoms with Crippen LogP contribution in [0.15, 0.2) is 24.3 Å². The molecule has 0 spiro atoms. The summed E-state index contributed by atoms with van der Waals surface area (Å²) in [6, 6.07) is 4.91. The van der Waals surface area contributed by atoms with Gasteiger partial charge in [-0.3, -0.25) is 4.79 Å². The fourth-order valence-corrected chi connectivity index (χ4v) is 2.65. The first-order chi connectivity index (χ1) is 10.0. The van der Waals surface area contributed by atoms with Gasteiger partial charge in [-0.1, -0.05) is 19.3 Å². The fourth-order valence-electron chi connectivity index (χ4n) is 2.65. The standard InChI is InChI=1S/C15H19FN2O3/c16-11-4-6-12(7-5-11)18-14(21)17-10-15(13(19)20)8-2-1-3-9-15/h4-7H,1-3,8-10H2,(H,19,20)(H2,17,18,21). The van der Waals surface area contributed by atoms with Gasteiger partial charge in [0.05, 0.1) is 5.41 Å². The smallest absolute Gasteiger partial charge is 0.319 e. The van der Waals surface area contributed by atoms with Crippen LogP contribution in [0.4, 0.5) is 14.9 Å². The van der Waals surface area contributed by atoms with Crippen molar-refractivity contribution in [3.63, 3.8) is 0 Å². The van der Waals surface area contributed by atoms with E-state index in [2.05, 4.69) is 10.6 Å². The van der Waals surface area contributed by atoms with Gasteiger partial charge >= 0.3 is 12.0 Å². The molecule has 1 aliphatic rings. The Kier molecular flexibility index (Phi) is 4.77. The van der Waals surface area contributed by atoms with Gasteiger partial charge in [-0.2, -0.15) is 0 Å². The molecule has 0 aromatic heterocycles. The van der Waals surface area contributed by atoms with Crippen molar-refractivity contribution in [1.82, 2.24) is 5.32 Å². The fraction of sp³-hybridized carbons (Fsp3) is 0.467. The van der Waals surface area contributed by atoms with Gasteiger partial charge in [0.2, 0.25) is 0 Å². The van der Waals surface area contributed by atoms with Crippen LogP contribution in [0.2, 0.25) is 0 Å². The summed E-state index contributed by atoms with van der Waals surface area (Å²) in [4.78, 5) is 23.3. The molecular weight excluding hydrogens is 275 g/mol. The number of carboxylic acid groups (broad SMARTS) is 1. The number of hydrogen-bond donors (Lipinski definition) is 3. The van der Waals surface area contributed by atoms with Gasteiger partial charge in [0.25, 0.3) is 0 Å². The molecule has 5 nitrogen and oxygen atoms in total. The topological polar surface area (TPSA) is 78.4 Å². The van der Waals surface area contributed by atoms with Crippen molar-refractivity contribution in [2.24, 2.45) is 5.41 Å². The molecule has 0 aliphatic heterocycles. The molecule has 2 amide bonds. The third-order valence-corrected chi connectivity index (χ3v) is 3.95. The zero-order valence-electron chi connectivity index (χ0n) is 11.7. The maximum Gasteiger partial charge on any atom is 0.319 e. The van der Waals surface area contributed by atoms with Crippen LogP contribution in [0.1, 0.15) is 32.1 Å². The summed E-state index contributed by atoms with van der Waals surface area (Å²) < 4.78 is 12.8. The number of hydrogen-bond acceptors (Lipinski definition) is 2. The number of carboxylic acids is 1. The van der Waals surface area contributed by atoms with Crippen LogP contribution in [0.3, 0.4) is 0 Å². The van der Waals surface area contributed by atoms with Crippen molar-refractivity contribution in [1.29, 1.82) is 0 Å². The maximum atomic E-state index is 12.8. The minimum Gasteiger partial charge on any atom is -0.481 e. The van der Waals surface area contributed by atoms with Crippen molar-refractivity contribution in [2.45, 2.75) is 32.1 Å². The molecule has 3 N–H and O–H groups in total. The summed E-state index contributed by atoms with van der Waals surface area (Å²) in [5, 5.41) is 14.6. The number of carbonyl (C=O) groups is 2. The normalized spacial score (nSPS) is 17.0. The Hall–Kier alpha value is -2.11. The average molecular weight is 294 g/mol. The molecule has 1 fully saturated rings. The van der Waals surface area contributed by atoms with Gasteiger partial charge < -0.3 is 15.7 Å². The lowest BCUT2D eigenvalue weighted by molar-refractivity contribution is -0.150. The van der Waals surface area contributed by atoms with Crippen LogP contribution in [0.25, 0.3) is 0 Å². The summed E-state index contributed by atoms with van der Waals surface area (Å²) in [5.41, 5.74) is -0.403. The van der Waals surface area contributed by atoms with E-state index in [1.165, 1.54) is 24.3 Å². The summed E-state index contributed by atoms with van der Waals surface area (Å²) in [6.07, 6.45) is 3.94. The van der Waals surface area contributed by atoms with Crippen molar-refractivity contribution < 1.29 is 19.1 Å². The molecule has 1 aromatic carbocycles. The average Bonchev–Trinajstić information content (AvgIpc) is 2.48. The first-order valence-electron chi connectivity index (χ1n) is 7.06. The van der Waals surface area contributed by atoms with Gasteiger partial charge in [-0.15, -0.1) is 0 Å². The lowest BCUT2D eigenvalue weighted by Crippen LogP contribution is -2.45.